The van der Waals surface area contributed by atoms with Gasteiger partial charge in [0.2, 0.25) is 5.91 Å². The van der Waals surface area contributed by atoms with Gasteiger partial charge in [0, 0.05) is 24.7 Å². The summed E-state index contributed by atoms with van der Waals surface area (Å²) in [4.78, 5) is 39.7. The summed E-state index contributed by atoms with van der Waals surface area (Å²) in [5.41, 5.74) is 2.09. The number of aromatic nitrogens is 3. The number of likely N-dealkylation sites (tertiary alicyclic amines) is 1. The van der Waals surface area contributed by atoms with Gasteiger partial charge < -0.3 is 20.6 Å². The van der Waals surface area contributed by atoms with Gasteiger partial charge in [0.1, 0.15) is 11.8 Å². The lowest BCUT2D eigenvalue weighted by Gasteiger charge is -2.38. The summed E-state index contributed by atoms with van der Waals surface area (Å²) in [5, 5.41) is 20.9. The summed E-state index contributed by atoms with van der Waals surface area (Å²) in [6, 6.07) is 6.89. The van der Waals surface area contributed by atoms with Crippen LogP contribution < -0.4 is 16.2 Å². The van der Waals surface area contributed by atoms with Crippen molar-refractivity contribution >= 4 is 28.8 Å². The van der Waals surface area contributed by atoms with Crippen LogP contribution in [0.3, 0.4) is 0 Å². The number of anilines is 2. The Kier molecular flexibility index (Phi) is 5.84. The zero-order valence-corrected chi connectivity index (χ0v) is 20.0. The predicted molar refractivity (Wildman–Crippen MR) is 131 cm³/mol. The highest BCUT2D eigenvalue weighted by molar-refractivity contribution is 6.00. The van der Waals surface area contributed by atoms with Gasteiger partial charge in [0.25, 0.3) is 5.56 Å². The third-order valence-electron chi connectivity index (χ3n) is 6.88. The Bertz CT molecular complexity index is 1350. The number of hydrogen-bond acceptors (Lipinski definition) is 5. The maximum atomic E-state index is 13.1. The lowest BCUT2D eigenvalue weighted by Crippen LogP contribution is -2.50. The molecule has 10 nitrogen and oxygen atoms in total. The average Bonchev–Trinajstić information content (AvgIpc) is 3.58. The molecular weight excluding hydrogens is 448 g/mol. The van der Waals surface area contributed by atoms with E-state index in [0.29, 0.717) is 42.8 Å². The van der Waals surface area contributed by atoms with E-state index in [1.54, 1.807) is 12.3 Å². The van der Waals surface area contributed by atoms with Crippen molar-refractivity contribution in [1.82, 2.24) is 19.1 Å². The van der Waals surface area contributed by atoms with Gasteiger partial charge in [-0.05, 0) is 57.2 Å². The molecule has 0 atom stereocenters. The lowest BCUT2D eigenvalue weighted by molar-refractivity contribution is -0.137. The molecule has 1 aliphatic heterocycles. The lowest BCUT2D eigenvalue weighted by atomic mass is 9.91. The fourth-order valence-corrected chi connectivity index (χ4v) is 4.65. The number of benzene rings is 1. The van der Waals surface area contributed by atoms with Crippen molar-refractivity contribution in [2.75, 3.05) is 23.7 Å². The van der Waals surface area contributed by atoms with Crippen LogP contribution in [-0.2, 0) is 11.3 Å². The second-order valence-electron chi connectivity index (χ2n) is 9.84. The van der Waals surface area contributed by atoms with Crippen molar-refractivity contribution in [2.24, 2.45) is 5.92 Å². The quantitative estimate of drug-likeness (QED) is 0.520. The largest absolute Gasteiger partial charge is 0.388 e. The molecule has 10 heteroatoms. The highest BCUT2D eigenvalue weighted by Gasteiger charge is 2.39. The van der Waals surface area contributed by atoms with Crippen LogP contribution in [0, 0.1) is 19.8 Å². The van der Waals surface area contributed by atoms with Gasteiger partial charge in [-0.1, -0.05) is 17.7 Å². The first-order valence-electron chi connectivity index (χ1n) is 11.9. The van der Waals surface area contributed by atoms with E-state index in [1.165, 1.54) is 15.4 Å². The molecule has 2 fully saturated rings. The number of hydrogen-bond donors (Lipinski definition) is 3. The first kappa shape index (κ1) is 23.1. The molecule has 3 amide bonds. The molecule has 1 saturated carbocycles. The maximum absolute atomic E-state index is 13.1. The summed E-state index contributed by atoms with van der Waals surface area (Å²) in [6.45, 7) is 4.99. The van der Waals surface area contributed by atoms with Crippen molar-refractivity contribution in [3.05, 3.63) is 58.3 Å². The third kappa shape index (κ3) is 4.93. The minimum absolute atomic E-state index is 0.0991. The summed E-state index contributed by atoms with van der Waals surface area (Å²) in [7, 11) is 0. The van der Waals surface area contributed by atoms with Crippen LogP contribution >= 0.6 is 0 Å². The van der Waals surface area contributed by atoms with Crippen LogP contribution in [0.2, 0.25) is 0 Å². The summed E-state index contributed by atoms with van der Waals surface area (Å²) in [5.74, 6) is 0.345. The highest BCUT2D eigenvalue weighted by Crippen LogP contribution is 2.33. The van der Waals surface area contributed by atoms with Crippen molar-refractivity contribution in [2.45, 2.75) is 51.7 Å². The number of aryl methyl sites for hydroxylation is 2. The first-order valence-corrected chi connectivity index (χ1v) is 11.9. The number of nitrogens with one attached hydrogen (secondary N) is 2. The third-order valence-corrected chi connectivity index (χ3v) is 6.88. The minimum Gasteiger partial charge on any atom is -0.388 e. The molecule has 0 radical (unpaired) electrons. The number of carbonyl (C=O) groups excluding carboxylic acids is 2. The van der Waals surface area contributed by atoms with Gasteiger partial charge in [-0.3, -0.25) is 14.2 Å². The van der Waals surface area contributed by atoms with E-state index in [1.807, 2.05) is 36.9 Å². The molecule has 5 rings (SSSR count). The average molecular weight is 479 g/mol. The number of nitrogens with zero attached hydrogens (tertiary/aromatic N) is 4. The van der Waals surface area contributed by atoms with Crippen LogP contribution in [0.15, 0.2) is 41.6 Å². The Balaban J connectivity index is 1.26. The molecule has 0 spiro atoms. The normalized spacial score (nSPS) is 17.4. The molecule has 2 aliphatic rings. The zero-order valence-electron chi connectivity index (χ0n) is 20.0. The molecule has 35 heavy (non-hydrogen) atoms. The van der Waals surface area contributed by atoms with E-state index in [4.69, 9.17) is 0 Å². The topological polar surface area (TPSA) is 121 Å². The Morgan fingerprint density at radius 2 is 1.89 bits per heavy atom. The smallest absolute Gasteiger partial charge is 0.323 e. The summed E-state index contributed by atoms with van der Waals surface area (Å²) in [6.07, 6.45) is 5.71. The molecule has 3 heterocycles. The van der Waals surface area contributed by atoms with Gasteiger partial charge in [0.15, 0.2) is 0 Å². The Labute approximate surface area is 202 Å². The summed E-state index contributed by atoms with van der Waals surface area (Å²) >= 11 is 0. The minimum atomic E-state index is -1.08. The molecule has 0 bridgehead atoms. The molecule has 1 aliphatic carbocycles. The molecule has 0 unspecified atom stereocenters. The second kappa shape index (κ2) is 8.84. The zero-order chi connectivity index (χ0) is 24.7. The Hall–Kier alpha value is -3.66. The first-order chi connectivity index (χ1) is 16.7. The van der Waals surface area contributed by atoms with Gasteiger partial charge in [-0.25, -0.2) is 9.31 Å². The number of rotatable bonds is 5. The number of urea groups is 1. The van der Waals surface area contributed by atoms with E-state index < -0.39 is 11.6 Å². The molecule has 1 saturated heterocycles. The molecular formula is C25H30N6O4. The van der Waals surface area contributed by atoms with E-state index in [-0.39, 0.29) is 23.9 Å². The SMILES string of the molecule is Cc1ccc(NC(=O)Nc2cc3c(=O)n(CC4(O)CCN(C(=O)C5CC5)CC4)cnn3c2)c(C)c1. The van der Waals surface area contributed by atoms with Crippen molar-refractivity contribution in [3.8, 4) is 0 Å². The molecule has 1 aromatic carbocycles. The number of fused-ring (bicyclic) bond motifs is 1. The Morgan fingerprint density at radius 3 is 2.57 bits per heavy atom. The van der Waals surface area contributed by atoms with Crippen LogP contribution in [0.1, 0.15) is 36.8 Å². The predicted octanol–water partition coefficient (Wildman–Crippen LogP) is 2.52. The maximum Gasteiger partial charge on any atom is 0.323 e. The number of piperidine rings is 1. The highest BCUT2D eigenvalue weighted by atomic mass is 16.3. The van der Waals surface area contributed by atoms with Gasteiger partial charge in [-0.2, -0.15) is 5.10 Å². The monoisotopic (exact) mass is 478 g/mol. The van der Waals surface area contributed by atoms with Crippen molar-refractivity contribution in [3.63, 3.8) is 0 Å². The molecule has 2 aromatic heterocycles. The van der Waals surface area contributed by atoms with Crippen LogP contribution in [0.5, 0.6) is 0 Å². The number of amides is 3. The molecule has 3 aromatic rings. The van der Waals surface area contributed by atoms with Crippen molar-refractivity contribution in [1.29, 1.82) is 0 Å². The molecule has 184 valence electrons. The number of carbonyl (C=O) groups is 2. The molecule has 3 N–H and O–H groups in total. The van der Waals surface area contributed by atoms with Gasteiger partial charge >= 0.3 is 6.03 Å². The standard InChI is InChI=1S/C25H30N6O4/c1-16-3-6-20(17(2)11-16)28-24(34)27-19-12-21-23(33)30(15-26-31(21)13-19)14-25(35)7-9-29(10-8-25)22(32)18-4-5-18/h3,6,11-13,15,18,35H,4-5,7-10,14H2,1-2H3,(H2,27,28,34). The van der Waals surface area contributed by atoms with Crippen molar-refractivity contribution < 1.29 is 14.7 Å². The summed E-state index contributed by atoms with van der Waals surface area (Å²) < 4.78 is 2.81. The van der Waals surface area contributed by atoms with E-state index in [9.17, 15) is 19.5 Å². The van der Waals surface area contributed by atoms with Crippen LogP contribution in [0.4, 0.5) is 16.2 Å². The van der Waals surface area contributed by atoms with E-state index in [0.717, 1.165) is 24.0 Å². The van der Waals surface area contributed by atoms with E-state index >= 15 is 0 Å². The van der Waals surface area contributed by atoms with Gasteiger partial charge in [-0.15, -0.1) is 0 Å². The second-order valence-corrected chi connectivity index (χ2v) is 9.84. The fourth-order valence-electron chi connectivity index (χ4n) is 4.65. The van der Waals surface area contributed by atoms with Crippen LogP contribution in [-0.4, -0.2) is 54.8 Å². The van der Waals surface area contributed by atoms with Gasteiger partial charge in [0.05, 0.1) is 24.0 Å². The Morgan fingerprint density at radius 1 is 1.14 bits per heavy atom. The number of aliphatic hydroxyl groups is 1. The van der Waals surface area contributed by atoms with Crippen LogP contribution in [0.25, 0.3) is 5.52 Å². The van der Waals surface area contributed by atoms with E-state index in [2.05, 4.69) is 15.7 Å². The fraction of sp³-hybridized carbons (Fsp3) is 0.440.